The second-order valence-electron chi connectivity index (χ2n) is 4.11. The summed E-state index contributed by atoms with van der Waals surface area (Å²) in [6.45, 7) is 1.95. The lowest BCUT2D eigenvalue weighted by Crippen LogP contribution is -2.18. The number of aromatic nitrogens is 2. The first-order valence-corrected chi connectivity index (χ1v) is 5.25. The average molecular weight is 212 g/mol. The lowest BCUT2D eigenvalue weighted by atomic mass is 10.1. The molecule has 1 aromatic carbocycles. The van der Waals surface area contributed by atoms with Crippen LogP contribution in [0.3, 0.4) is 0 Å². The molecule has 0 radical (unpaired) electrons. The van der Waals surface area contributed by atoms with Crippen LogP contribution in [0.4, 0.5) is 0 Å². The molecule has 0 atom stereocenters. The van der Waals surface area contributed by atoms with Gasteiger partial charge in [0.2, 0.25) is 0 Å². The number of pyridine rings is 1. The Balaban J connectivity index is 2.66. The van der Waals surface area contributed by atoms with Gasteiger partial charge in [0.25, 0.3) is 5.56 Å². The van der Waals surface area contributed by atoms with Crippen LogP contribution in [0.25, 0.3) is 21.8 Å². The number of aryl methyl sites for hydroxylation is 1. The van der Waals surface area contributed by atoms with Gasteiger partial charge in [0.05, 0.1) is 0 Å². The van der Waals surface area contributed by atoms with Crippen LogP contribution in [0.2, 0.25) is 0 Å². The van der Waals surface area contributed by atoms with E-state index in [4.69, 9.17) is 0 Å². The molecule has 2 aromatic heterocycles. The molecule has 0 bridgehead atoms. The normalized spacial score (nSPS) is 11.4. The van der Waals surface area contributed by atoms with Gasteiger partial charge in [-0.05, 0) is 19.1 Å². The maximum absolute atomic E-state index is 12.1. The monoisotopic (exact) mass is 212 g/mol. The molecule has 1 N–H and O–H groups in total. The van der Waals surface area contributed by atoms with Crippen LogP contribution in [0, 0.1) is 6.92 Å². The predicted octanol–water partition coefficient (Wildman–Crippen LogP) is 2.33. The highest BCUT2D eigenvalue weighted by Gasteiger charge is 2.09. The molecule has 0 amide bonds. The van der Waals surface area contributed by atoms with Crippen LogP contribution in [-0.2, 0) is 7.05 Å². The number of rotatable bonds is 0. The van der Waals surface area contributed by atoms with E-state index in [0.717, 1.165) is 22.0 Å². The number of aromatic amines is 1. The first kappa shape index (κ1) is 9.21. The van der Waals surface area contributed by atoms with Crippen LogP contribution in [0.1, 0.15) is 5.69 Å². The van der Waals surface area contributed by atoms with Gasteiger partial charge in [0.15, 0.2) is 0 Å². The van der Waals surface area contributed by atoms with Gasteiger partial charge < -0.3 is 9.55 Å². The Hall–Kier alpha value is -2.03. The number of hydrogen-bond donors (Lipinski definition) is 1. The first-order valence-electron chi connectivity index (χ1n) is 5.25. The first-order chi connectivity index (χ1) is 7.68. The van der Waals surface area contributed by atoms with Gasteiger partial charge in [-0.3, -0.25) is 4.79 Å². The summed E-state index contributed by atoms with van der Waals surface area (Å²) in [7, 11) is 1.79. The third kappa shape index (κ3) is 1.05. The topological polar surface area (TPSA) is 37.8 Å². The molecule has 3 nitrogen and oxygen atoms in total. The van der Waals surface area contributed by atoms with E-state index >= 15 is 0 Å². The molecule has 2 heterocycles. The van der Waals surface area contributed by atoms with Crippen LogP contribution >= 0.6 is 0 Å². The zero-order valence-electron chi connectivity index (χ0n) is 9.24. The summed E-state index contributed by atoms with van der Waals surface area (Å²) in [5.74, 6) is 0. The van der Waals surface area contributed by atoms with E-state index in [0.29, 0.717) is 5.52 Å². The van der Waals surface area contributed by atoms with Crippen molar-refractivity contribution < 1.29 is 0 Å². The van der Waals surface area contributed by atoms with Gasteiger partial charge in [-0.15, -0.1) is 0 Å². The minimum absolute atomic E-state index is 0.0335. The van der Waals surface area contributed by atoms with E-state index in [1.54, 1.807) is 11.6 Å². The molecule has 3 rings (SSSR count). The van der Waals surface area contributed by atoms with Crippen molar-refractivity contribution in [3.8, 4) is 0 Å². The lowest BCUT2D eigenvalue weighted by molar-refractivity contribution is 0.828. The summed E-state index contributed by atoms with van der Waals surface area (Å²) >= 11 is 0. The second kappa shape index (κ2) is 2.98. The summed E-state index contributed by atoms with van der Waals surface area (Å²) in [6.07, 6.45) is 0. The SMILES string of the molecule is Cc1cc2c([nH]c3ccccc32)c(=O)n1C. The summed E-state index contributed by atoms with van der Waals surface area (Å²) in [4.78, 5) is 15.2. The summed E-state index contributed by atoms with van der Waals surface area (Å²) < 4.78 is 1.66. The van der Waals surface area contributed by atoms with Crippen molar-refractivity contribution in [2.24, 2.45) is 7.05 Å². The molecule has 0 spiro atoms. The molecule has 0 fully saturated rings. The van der Waals surface area contributed by atoms with Crippen molar-refractivity contribution in [1.82, 2.24) is 9.55 Å². The molecule has 16 heavy (non-hydrogen) atoms. The number of nitrogens with one attached hydrogen (secondary N) is 1. The van der Waals surface area contributed by atoms with Crippen molar-refractivity contribution in [1.29, 1.82) is 0 Å². The lowest BCUT2D eigenvalue weighted by Gasteiger charge is -2.02. The van der Waals surface area contributed by atoms with Gasteiger partial charge in [-0.25, -0.2) is 0 Å². The molecule has 0 unspecified atom stereocenters. The molecule has 0 aliphatic rings. The van der Waals surface area contributed by atoms with Gasteiger partial charge in [-0.1, -0.05) is 18.2 Å². The van der Waals surface area contributed by atoms with Gasteiger partial charge in [-0.2, -0.15) is 0 Å². The maximum atomic E-state index is 12.1. The fourth-order valence-corrected chi connectivity index (χ4v) is 2.12. The highest BCUT2D eigenvalue weighted by atomic mass is 16.1. The molecule has 0 saturated carbocycles. The minimum atomic E-state index is 0.0335. The van der Waals surface area contributed by atoms with E-state index < -0.39 is 0 Å². The van der Waals surface area contributed by atoms with Gasteiger partial charge in [0, 0.05) is 29.0 Å². The van der Waals surface area contributed by atoms with Gasteiger partial charge in [0.1, 0.15) is 5.52 Å². The quantitative estimate of drug-likeness (QED) is 0.610. The van der Waals surface area contributed by atoms with Crippen LogP contribution in [0.15, 0.2) is 35.1 Å². The number of fused-ring (bicyclic) bond motifs is 3. The average Bonchev–Trinajstić information content (AvgIpc) is 2.65. The zero-order chi connectivity index (χ0) is 11.3. The zero-order valence-corrected chi connectivity index (χ0v) is 9.24. The van der Waals surface area contributed by atoms with Crippen molar-refractivity contribution in [3.05, 3.63) is 46.4 Å². The Morgan fingerprint density at radius 1 is 1.19 bits per heavy atom. The second-order valence-corrected chi connectivity index (χ2v) is 4.11. The highest BCUT2D eigenvalue weighted by Crippen LogP contribution is 2.23. The van der Waals surface area contributed by atoms with Crippen molar-refractivity contribution in [3.63, 3.8) is 0 Å². The van der Waals surface area contributed by atoms with Crippen LogP contribution in [-0.4, -0.2) is 9.55 Å². The predicted molar refractivity (Wildman–Crippen MR) is 65.8 cm³/mol. The third-order valence-electron chi connectivity index (χ3n) is 3.15. The minimum Gasteiger partial charge on any atom is -0.350 e. The fourth-order valence-electron chi connectivity index (χ4n) is 2.12. The molecule has 3 heteroatoms. The fraction of sp³-hybridized carbons (Fsp3) is 0.154. The highest BCUT2D eigenvalue weighted by molar-refractivity contribution is 6.06. The molecular weight excluding hydrogens is 200 g/mol. The third-order valence-corrected chi connectivity index (χ3v) is 3.15. The maximum Gasteiger partial charge on any atom is 0.274 e. The van der Waals surface area contributed by atoms with Gasteiger partial charge >= 0.3 is 0 Å². The van der Waals surface area contributed by atoms with Crippen molar-refractivity contribution >= 4 is 21.8 Å². The van der Waals surface area contributed by atoms with Crippen molar-refractivity contribution in [2.45, 2.75) is 6.92 Å². The number of para-hydroxylation sites is 1. The smallest absolute Gasteiger partial charge is 0.274 e. The molecule has 0 aliphatic carbocycles. The molecule has 3 aromatic rings. The number of benzene rings is 1. The van der Waals surface area contributed by atoms with E-state index in [-0.39, 0.29) is 5.56 Å². The van der Waals surface area contributed by atoms with Crippen molar-refractivity contribution in [2.75, 3.05) is 0 Å². The Bertz CT molecular complexity index is 750. The molecule has 0 aliphatic heterocycles. The Morgan fingerprint density at radius 3 is 2.75 bits per heavy atom. The van der Waals surface area contributed by atoms with E-state index in [9.17, 15) is 4.79 Å². The number of H-pyrrole nitrogens is 1. The largest absolute Gasteiger partial charge is 0.350 e. The number of nitrogens with zero attached hydrogens (tertiary/aromatic N) is 1. The Kier molecular flexibility index (Phi) is 1.72. The number of hydrogen-bond acceptors (Lipinski definition) is 1. The molecule has 80 valence electrons. The summed E-state index contributed by atoms with van der Waals surface area (Å²) in [5, 5.41) is 2.12. The Labute approximate surface area is 92.3 Å². The summed E-state index contributed by atoms with van der Waals surface area (Å²) in [6, 6.07) is 10.0. The molecular formula is C13H12N2O. The standard InChI is InChI=1S/C13H12N2O/c1-8-7-10-9-5-3-4-6-11(9)14-12(10)13(16)15(8)2/h3-7,14H,1-2H3. The van der Waals surface area contributed by atoms with E-state index in [2.05, 4.69) is 11.1 Å². The van der Waals surface area contributed by atoms with E-state index in [1.165, 1.54) is 0 Å². The Morgan fingerprint density at radius 2 is 1.94 bits per heavy atom. The van der Waals surface area contributed by atoms with E-state index in [1.807, 2.05) is 31.2 Å². The molecule has 0 saturated heterocycles. The summed E-state index contributed by atoms with van der Waals surface area (Å²) in [5.41, 5.74) is 2.71. The van der Waals surface area contributed by atoms with Crippen LogP contribution in [0.5, 0.6) is 0 Å². The van der Waals surface area contributed by atoms with Crippen LogP contribution < -0.4 is 5.56 Å².